The van der Waals surface area contributed by atoms with Crippen molar-refractivity contribution >= 4 is 29.0 Å². The van der Waals surface area contributed by atoms with Crippen molar-refractivity contribution in [3.05, 3.63) is 60.6 Å². The van der Waals surface area contributed by atoms with Crippen molar-refractivity contribution in [2.24, 2.45) is 5.92 Å². The zero-order valence-corrected chi connectivity index (χ0v) is 16.1. The highest BCUT2D eigenvalue weighted by molar-refractivity contribution is 5.92. The quantitative estimate of drug-likeness (QED) is 0.579. The summed E-state index contributed by atoms with van der Waals surface area (Å²) in [6.45, 7) is 4.59. The molecule has 2 heterocycles. The van der Waals surface area contributed by atoms with Gasteiger partial charge in [0.25, 0.3) is 0 Å². The summed E-state index contributed by atoms with van der Waals surface area (Å²) in [7, 11) is 0. The highest BCUT2D eigenvalue weighted by Crippen LogP contribution is 2.14. The first-order chi connectivity index (χ1) is 13.5. The van der Waals surface area contributed by atoms with Gasteiger partial charge in [0.2, 0.25) is 5.91 Å². The van der Waals surface area contributed by atoms with Crippen LogP contribution in [0.15, 0.2) is 55.0 Å². The van der Waals surface area contributed by atoms with E-state index in [1.54, 1.807) is 30.5 Å². The molecule has 28 heavy (non-hydrogen) atoms. The first kappa shape index (κ1) is 19.4. The zero-order valence-electron chi connectivity index (χ0n) is 16.1. The lowest BCUT2D eigenvalue weighted by atomic mass is 10.1. The normalized spacial score (nSPS) is 10.8. The van der Waals surface area contributed by atoms with Gasteiger partial charge in [-0.25, -0.2) is 9.78 Å². The Bertz CT molecular complexity index is 947. The number of anilines is 2. The van der Waals surface area contributed by atoms with Crippen molar-refractivity contribution in [1.29, 1.82) is 0 Å². The summed E-state index contributed by atoms with van der Waals surface area (Å²) in [5, 5.41) is 8.47. The number of nitrogens with zero attached hydrogens (tertiary/aromatic N) is 2. The molecule has 0 aliphatic rings. The first-order valence-electron chi connectivity index (χ1n) is 9.36. The van der Waals surface area contributed by atoms with Crippen LogP contribution >= 0.6 is 0 Å². The largest absolute Gasteiger partial charge is 0.334 e. The number of rotatable bonds is 7. The van der Waals surface area contributed by atoms with Crippen LogP contribution in [-0.2, 0) is 11.3 Å². The van der Waals surface area contributed by atoms with Crippen molar-refractivity contribution in [2.75, 3.05) is 10.6 Å². The Kier molecular flexibility index (Phi) is 6.26. The van der Waals surface area contributed by atoms with Crippen LogP contribution in [0.4, 0.5) is 16.2 Å². The van der Waals surface area contributed by atoms with Crippen molar-refractivity contribution in [1.82, 2.24) is 14.7 Å². The number of amides is 3. The van der Waals surface area contributed by atoms with Crippen LogP contribution in [0.3, 0.4) is 0 Å². The van der Waals surface area contributed by atoms with Gasteiger partial charge < -0.3 is 20.4 Å². The van der Waals surface area contributed by atoms with Gasteiger partial charge >= 0.3 is 6.03 Å². The lowest BCUT2D eigenvalue weighted by molar-refractivity contribution is -0.116. The maximum atomic E-state index is 12.1. The molecule has 0 saturated heterocycles. The second kappa shape index (κ2) is 9.03. The van der Waals surface area contributed by atoms with Gasteiger partial charge in [0, 0.05) is 42.9 Å². The lowest BCUT2D eigenvalue weighted by Gasteiger charge is -2.10. The predicted octanol–water partition coefficient (Wildman–Crippen LogP) is 4.03. The van der Waals surface area contributed by atoms with E-state index >= 15 is 0 Å². The van der Waals surface area contributed by atoms with Crippen LogP contribution < -0.4 is 16.0 Å². The Labute approximate surface area is 164 Å². The number of aromatic nitrogens is 2. The monoisotopic (exact) mass is 379 g/mol. The molecule has 7 nitrogen and oxygen atoms in total. The number of hydrogen-bond donors (Lipinski definition) is 3. The second-order valence-corrected chi connectivity index (χ2v) is 7.10. The third kappa shape index (κ3) is 5.57. The average Bonchev–Trinajstić information content (AvgIpc) is 3.14. The second-order valence-electron chi connectivity index (χ2n) is 7.10. The van der Waals surface area contributed by atoms with Gasteiger partial charge in [-0.05, 0) is 48.2 Å². The number of pyridine rings is 1. The third-order valence-electron chi connectivity index (χ3n) is 4.28. The van der Waals surface area contributed by atoms with Crippen molar-refractivity contribution in [3.63, 3.8) is 0 Å². The van der Waals surface area contributed by atoms with E-state index in [0.717, 1.165) is 17.6 Å². The Balaban J connectivity index is 1.46. The van der Waals surface area contributed by atoms with Crippen molar-refractivity contribution in [3.8, 4) is 0 Å². The molecule has 0 atom stereocenters. The molecule has 146 valence electrons. The van der Waals surface area contributed by atoms with Crippen molar-refractivity contribution in [2.45, 2.75) is 33.2 Å². The van der Waals surface area contributed by atoms with Crippen molar-refractivity contribution < 1.29 is 9.59 Å². The molecule has 0 bridgehead atoms. The molecule has 3 N–H and O–H groups in total. The SMILES string of the molecule is CC(C)CCC(=O)Nc1ccc(NC(=O)NCc2ccc3nccn3c2)cc1. The van der Waals surface area contributed by atoms with Crippen LogP contribution in [0.5, 0.6) is 0 Å². The predicted molar refractivity (Wildman–Crippen MR) is 110 cm³/mol. The van der Waals surface area contributed by atoms with Gasteiger partial charge in [-0.3, -0.25) is 4.79 Å². The van der Waals surface area contributed by atoms with E-state index in [1.807, 2.05) is 28.9 Å². The minimum Gasteiger partial charge on any atom is -0.334 e. The fraction of sp³-hybridized carbons (Fsp3) is 0.286. The number of urea groups is 1. The van der Waals surface area contributed by atoms with Gasteiger partial charge in [0.05, 0.1) is 0 Å². The van der Waals surface area contributed by atoms with Crippen LogP contribution in [0.1, 0.15) is 32.3 Å². The maximum absolute atomic E-state index is 12.1. The minimum absolute atomic E-state index is 0.00186. The number of nitrogens with one attached hydrogen (secondary N) is 3. The topological polar surface area (TPSA) is 87.5 Å². The Hall–Kier alpha value is -3.35. The molecule has 0 saturated carbocycles. The Morgan fingerprint density at radius 1 is 1.04 bits per heavy atom. The van der Waals surface area contributed by atoms with E-state index in [0.29, 0.717) is 30.3 Å². The molecule has 0 unspecified atom stereocenters. The van der Waals surface area contributed by atoms with E-state index in [2.05, 4.69) is 34.8 Å². The summed E-state index contributed by atoms with van der Waals surface area (Å²) >= 11 is 0. The number of benzene rings is 1. The van der Waals surface area contributed by atoms with Crippen LogP contribution in [0, 0.1) is 5.92 Å². The molecule has 0 aliphatic carbocycles. The number of imidazole rings is 1. The van der Waals surface area contributed by atoms with Crippen LogP contribution in [-0.4, -0.2) is 21.3 Å². The average molecular weight is 379 g/mol. The molecule has 2 aromatic heterocycles. The highest BCUT2D eigenvalue weighted by atomic mass is 16.2. The summed E-state index contributed by atoms with van der Waals surface area (Å²) in [6.07, 6.45) is 6.89. The minimum atomic E-state index is -0.292. The summed E-state index contributed by atoms with van der Waals surface area (Å²) in [4.78, 5) is 28.2. The van der Waals surface area contributed by atoms with E-state index < -0.39 is 0 Å². The molecular weight excluding hydrogens is 354 g/mol. The Morgan fingerprint density at radius 2 is 1.75 bits per heavy atom. The molecule has 3 rings (SSSR count). The van der Waals surface area contributed by atoms with Crippen LogP contribution in [0.2, 0.25) is 0 Å². The molecule has 0 spiro atoms. The number of carbonyl (C=O) groups is 2. The fourth-order valence-corrected chi connectivity index (χ4v) is 2.71. The molecule has 3 amide bonds. The smallest absolute Gasteiger partial charge is 0.319 e. The summed E-state index contributed by atoms with van der Waals surface area (Å²) in [5.74, 6) is 0.500. The fourth-order valence-electron chi connectivity index (χ4n) is 2.71. The van der Waals surface area contributed by atoms with Crippen LogP contribution in [0.25, 0.3) is 5.65 Å². The molecule has 0 radical (unpaired) electrons. The van der Waals surface area contributed by atoms with Gasteiger partial charge in [-0.15, -0.1) is 0 Å². The first-order valence-corrected chi connectivity index (χ1v) is 9.36. The van der Waals surface area contributed by atoms with Gasteiger partial charge in [0.15, 0.2) is 0 Å². The molecule has 0 fully saturated rings. The maximum Gasteiger partial charge on any atom is 0.319 e. The van der Waals surface area contributed by atoms with E-state index in [1.165, 1.54) is 0 Å². The Morgan fingerprint density at radius 3 is 2.46 bits per heavy atom. The molecular formula is C21H25N5O2. The van der Waals surface area contributed by atoms with E-state index in [9.17, 15) is 9.59 Å². The highest BCUT2D eigenvalue weighted by Gasteiger charge is 2.06. The number of carbonyl (C=O) groups excluding carboxylic acids is 2. The van der Waals surface area contributed by atoms with Gasteiger partial charge in [-0.1, -0.05) is 19.9 Å². The standard InChI is InChI=1S/C21H25N5O2/c1-15(2)3-10-20(27)24-17-5-7-18(8-6-17)25-21(28)23-13-16-4-9-19-22-11-12-26(19)14-16/h4-9,11-12,14-15H,3,10,13H2,1-2H3,(H,24,27)(H2,23,25,28). The summed E-state index contributed by atoms with van der Waals surface area (Å²) in [5.41, 5.74) is 3.21. The van der Waals surface area contributed by atoms with E-state index in [-0.39, 0.29) is 11.9 Å². The van der Waals surface area contributed by atoms with Gasteiger partial charge in [0.1, 0.15) is 5.65 Å². The lowest BCUT2D eigenvalue weighted by Crippen LogP contribution is -2.28. The summed E-state index contributed by atoms with van der Waals surface area (Å²) < 4.78 is 1.91. The summed E-state index contributed by atoms with van der Waals surface area (Å²) in [6, 6.07) is 10.6. The molecule has 7 heteroatoms. The number of fused-ring (bicyclic) bond motifs is 1. The molecule has 3 aromatic rings. The zero-order chi connectivity index (χ0) is 19.9. The van der Waals surface area contributed by atoms with Gasteiger partial charge in [-0.2, -0.15) is 0 Å². The third-order valence-corrected chi connectivity index (χ3v) is 4.28. The number of hydrogen-bond acceptors (Lipinski definition) is 3. The molecule has 1 aromatic carbocycles. The molecule has 0 aliphatic heterocycles. The van der Waals surface area contributed by atoms with E-state index in [4.69, 9.17) is 0 Å².